The summed E-state index contributed by atoms with van der Waals surface area (Å²) < 4.78 is 44.3. The number of aromatic amines is 1. The van der Waals surface area contributed by atoms with Crippen LogP contribution in [0.3, 0.4) is 0 Å². The Kier molecular flexibility index (Phi) is 5.32. The molecular formula is C20H24N4O6S. The lowest BCUT2D eigenvalue weighted by Gasteiger charge is -2.27. The third-order valence-electron chi connectivity index (χ3n) is 5.76. The third-order valence-corrected chi connectivity index (χ3v) is 7.65. The van der Waals surface area contributed by atoms with Crippen molar-refractivity contribution in [1.82, 2.24) is 14.3 Å². The van der Waals surface area contributed by atoms with Crippen LogP contribution in [0.2, 0.25) is 0 Å². The minimum Gasteiger partial charge on any atom is -0.486 e. The van der Waals surface area contributed by atoms with Gasteiger partial charge in [0.1, 0.15) is 13.2 Å². The second kappa shape index (κ2) is 8.13. The van der Waals surface area contributed by atoms with Gasteiger partial charge >= 0.3 is 0 Å². The van der Waals surface area contributed by atoms with Crippen LogP contribution in [0.5, 0.6) is 11.5 Å². The minimum absolute atomic E-state index is 0.151. The van der Waals surface area contributed by atoms with E-state index in [0.717, 1.165) is 0 Å². The van der Waals surface area contributed by atoms with E-state index in [1.54, 1.807) is 6.07 Å². The summed E-state index contributed by atoms with van der Waals surface area (Å²) in [6.07, 6.45) is 0.686. The Labute approximate surface area is 179 Å². The molecule has 11 heteroatoms. The van der Waals surface area contributed by atoms with E-state index in [1.807, 2.05) is 4.90 Å². The second-order valence-electron chi connectivity index (χ2n) is 7.62. The van der Waals surface area contributed by atoms with Gasteiger partial charge in [0.05, 0.1) is 23.8 Å². The highest BCUT2D eigenvalue weighted by atomic mass is 32.2. The van der Waals surface area contributed by atoms with Gasteiger partial charge in [-0.25, -0.2) is 13.4 Å². The summed E-state index contributed by atoms with van der Waals surface area (Å²) in [6.45, 7) is 3.78. The number of hydrogen-bond acceptors (Lipinski definition) is 8. The van der Waals surface area contributed by atoms with Crippen LogP contribution in [0.15, 0.2) is 27.9 Å². The van der Waals surface area contributed by atoms with Crippen LogP contribution in [0, 0.1) is 0 Å². The number of aromatic nitrogens is 2. The van der Waals surface area contributed by atoms with Crippen LogP contribution in [0.25, 0.3) is 0 Å². The molecule has 0 bridgehead atoms. The average molecular weight is 449 g/mol. The number of benzene rings is 1. The van der Waals surface area contributed by atoms with Crippen LogP contribution in [-0.4, -0.2) is 75.3 Å². The molecule has 1 N–H and O–H groups in total. The summed E-state index contributed by atoms with van der Waals surface area (Å²) in [5.74, 6) is 1.49. The Bertz CT molecular complexity index is 1140. The predicted molar refractivity (Wildman–Crippen MR) is 111 cm³/mol. The zero-order valence-corrected chi connectivity index (χ0v) is 17.8. The molecule has 166 valence electrons. The van der Waals surface area contributed by atoms with Gasteiger partial charge in [0.15, 0.2) is 11.5 Å². The molecule has 0 unspecified atom stereocenters. The van der Waals surface area contributed by atoms with Gasteiger partial charge in [0.2, 0.25) is 16.0 Å². The molecule has 0 radical (unpaired) electrons. The van der Waals surface area contributed by atoms with Crippen molar-refractivity contribution in [2.75, 3.05) is 57.5 Å². The normalized spacial score (nSPS) is 19.5. The maximum absolute atomic E-state index is 13.3. The number of nitrogens with one attached hydrogen (secondary N) is 1. The summed E-state index contributed by atoms with van der Waals surface area (Å²) in [4.78, 5) is 22.4. The Morgan fingerprint density at radius 3 is 2.48 bits per heavy atom. The first-order valence-electron chi connectivity index (χ1n) is 10.4. The summed E-state index contributed by atoms with van der Waals surface area (Å²) >= 11 is 0. The molecule has 3 aliphatic heterocycles. The van der Waals surface area contributed by atoms with Crippen molar-refractivity contribution in [3.8, 4) is 11.5 Å². The molecular weight excluding hydrogens is 424 g/mol. The zero-order valence-electron chi connectivity index (χ0n) is 17.0. The average Bonchev–Trinajstić information content (AvgIpc) is 3.03. The highest BCUT2D eigenvalue weighted by Crippen LogP contribution is 2.33. The van der Waals surface area contributed by atoms with Crippen LogP contribution < -0.4 is 19.9 Å². The first-order valence-corrected chi connectivity index (χ1v) is 11.8. The molecule has 1 saturated heterocycles. The topological polar surface area (TPSA) is 114 Å². The molecule has 0 aliphatic carbocycles. The van der Waals surface area contributed by atoms with E-state index < -0.39 is 10.0 Å². The quantitative estimate of drug-likeness (QED) is 0.707. The van der Waals surface area contributed by atoms with E-state index in [9.17, 15) is 13.2 Å². The molecule has 1 aromatic heterocycles. The highest BCUT2D eigenvalue weighted by molar-refractivity contribution is 7.89. The molecule has 10 nitrogen and oxygen atoms in total. The van der Waals surface area contributed by atoms with Crippen LogP contribution in [0.4, 0.5) is 5.95 Å². The Balaban J connectivity index is 1.39. The Morgan fingerprint density at radius 2 is 1.68 bits per heavy atom. The second-order valence-corrected chi connectivity index (χ2v) is 9.56. The van der Waals surface area contributed by atoms with Crippen LogP contribution >= 0.6 is 0 Å². The molecule has 0 atom stereocenters. The van der Waals surface area contributed by atoms with Gasteiger partial charge in [-0.2, -0.15) is 4.31 Å². The lowest BCUT2D eigenvalue weighted by atomic mass is 10.1. The van der Waals surface area contributed by atoms with Gasteiger partial charge in [-0.05, 0) is 18.6 Å². The number of ether oxygens (including phenoxy) is 3. The molecule has 3 aliphatic rings. The van der Waals surface area contributed by atoms with Crippen molar-refractivity contribution >= 4 is 16.0 Å². The largest absolute Gasteiger partial charge is 0.486 e. The van der Waals surface area contributed by atoms with Gasteiger partial charge in [-0.1, -0.05) is 0 Å². The number of fused-ring (bicyclic) bond motifs is 2. The van der Waals surface area contributed by atoms with Crippen molar-refractivity contribution in [2.45, 2.75) is 17.7 Å². The molecule has 1 aromatic carbocycles. The number of rotatable bonds is 3. The smallest absolute Gasteiger partial charge is 0.255 e. The first-order chi connectivity index (χ1) is 15.0. The molecule has 0 amide bonds. The molecule has 5 rings (SSSR count). The summed E-state index contributed by atoms with van der Waals surface area (Å²) in [7, 11) is -3.75. The van der Waals surface area contributed by atoms with Crippen molar-refractivity contribution in [3.63, 3.8) is 0 Å². The molecule has 31 heavy (non-hydrogen) atoms. The maximum Gasteiger partial charge on any atom is 0.255 e. The zero-order chi connectivity index (χ0) is 21.4. The van der Waals surface area contributed by atoms with Gasteiger partial charge in [0, 0.05) is 44.2 Å². The standard InChI is InChI=1S/C20H24N4O6S/c25-19-15-3-5-24(6-4-16(15)21-20(22-19)23-7-9-28-10-8-23)31(26,27)14-1-2-17-18(13-14)30-12-11-29-17/h1-2,13H,3-12H2,(H,21,22,25). The fourth-order valence-corrected chi connectivity index (χ4v) is 5.53. The maximum atomic E-state index is 13.3. The number of morpholine rings is 1. The van der Waals surface area contributed by atoms with Crippen LogP contribution in [-0.2, 0) is 27.6 Å². The summed E-state index contributed by atoms with van der Waals surface area (Å²) in [5.41, 5.74) is 1.01. The fourth-order valence-electron chi connectivity index (χ4n) is 4.07. The lowest BCUT2D eigenvalue weighted by Crippen LogP contribution is -2.38. The van der Waals surface area contributed by atoms with Gasteiger partial charge in [0.25, 0.3) is 5.56 Å². The first kappa shape index (κ1) is 20.3. The van der Waals surface area contributed by atoms with Gasteiger partial charge < -0.3 is 19.1 Å². The van der Waals surface area contributed by atoms with Gasteiger partial charge in [-0.15, -0.1) is 0 Å². The number of hydrogen-bond donors (Lipinski definition) is 1. The van der Waals surface area contributed by atoms with E-state index in [4.69, 9.17) is 14.2 Å². The van der Waals surface area contributed by atoms with E-state index >= 15 is 0 Å². The highest BCUT2D eigenvalue weighted by Gasteiger charge is 2.30. The Morgan fingerprint density at radius 1 is 0.935 bits per heavy atom. The summed E-state index contributed by atoms with van der Waals surface area (Å²) in [6, 6.07) is 4.65. The lowest BCUT2D eigenvalue weighted by molar-refractivity contribution is 0.122. The van der Waals surface area contributed by atoms with E-state index in [2.05, 4.69) is 9.97 Å². The molecule has 0 spiro atoms. The number of H-pyrrole nitrogens is 1. The fraction of sp³-hybridized carbons (Fsp3) is 0.500. The Hall–Kier alpha value is -2.63. The molecule has 4 heterocycles. The van der Waals surface area contributed by atoms with Crippen molar-refractivity contribution < 1.29 is 22.6 Å². The SMILES string of the molecule is O=c1[nH]c(N2CCOCC2)nc2c1CCN(S(=O)(=O)c1ccc3c(c1)OCCO3)CC2. The predicted octanol–water partition coefficient (Wildman–Crippen LogP) is 0.167. The van der Waals surface area contributed by atoms with Gasteiger partial charge in [-0.3, -0.25) is 9.78 Å². The molecule has 0 saturated carbocycles. The van der Waals surface area contributed by atoms with E-state index in [-0.39, 0.29) is 23.5 Å². The molecule has 2 aromatic rings. The minimum atomic E-state index is -3.75. The van der Waals surface area contributed by atoms with Crippen molar-refractivity contribution in [1.29, 1.82) is 0 Å². The van der Waals surface area contributed by atoms with E-state index in [0.29, 0.717) is 81.1 Å². The van der Waals surface area contributed by atoms with E-state index in [1.165, 1.54) is 16.4 Å². The number of sulfonamides is 1. The van der Waals surface area contributed by atoms with Crippen molar-refractivity contribution in [3.05, 3.63) is 39.8 Å². The van der Waals surface area contributed by atoms with Crippen LogP contribution in [0.1, 0.15) is 11.3 Å². The number of anilines is 1. The van der Waals surface area contributed by atoms with Crippen molar-refractivity contribution in [2.24, 2.45) is 0 Å². The monoisotopic (exact) mass is 448 g/mol. The third kappa shape index (κ3) is 3.88. The molecule has 1 fully saturated rings. The number of nitrogens with zero attached hydrogens (tertiary/aromatic N) is 3. The summed E-state index contributed by atoms with van der Waals surface area (Å²) in [5, 5.41) is 0.